The summed E-state index contributed by atoms with van der Waals surface area (Å²) in [5, 5.41) is 0. The molecule has 4 aromatic carbocycles. The number of benzene rings is 4. The predicted octanol–water partition coefficient (Wildman–Crippen LogP) is 8.08. The molecule has 0 N–H and O–H groups in total. The second kappa shape index (κ2) is 12.4. The molecule has 0 saturated carbocycles. The first-order chi connectivity index (χ1) is 14.8. The van der Waals surface area contributed by atoms with Crippen LogP contribution in [0.4, 0.5) is 0 Å². The average Bonchev–Trinajstić information content (AvgIpc) is 3.33. The summed E-state index contributed by atoms with van der Waals surface area (Å²) < 4.78 is 1.22. The first kappa shape index (κ1) is 21.6. The van der Waals surface area contributed by atoms with Gasteiger partial charge in [0.15, 0.2) is 0 Å². The smallest absolute Gasteiger partial charge is 0.0184 e. The molecule has 0 bridgehead atoms. The van der Waals surface area contributed by atoms with Gasteiger partial charge in [0, 0.05) is 0 Å². The molecule has 0 nitrogen and oxygen atoms in total. The molecule has 0 radical (unpaired) electrons. The van der Waals surface area contributed by atoms with Crippen LogP contribution in [-0.4, -0.2) is 0 Å². The maximum absolute atomic E-state index is 3.74. The van der Waals surface area contributed by atoms with Crippen LogP contribution in [0.5, 0.6) is 0 Å². The fourth-order valence-corrected chi connectivity index (χ4v) is 3.17. The maximum atomic E-state index is 3.74. The molecule has 0 aromatic heterocycles. The molecule has 0 amide bonds. The summed E-state index contributed by atoms with van der Waals surface area (Å²) in [6, 6.07) is 41.6. The second-order valence-electron chi connectivity index (χ2n) is 6.69. The minimum atomic E-state index is 1.06. The number of allylic oxidation sites excluding steroid dienone is 4. The fraction of sp³-hybridized carbons (Fsp3) is 0.0345. The molecule has 0 saturated heterocycles. The van der Waals surface area contributed by atoms with E-state index in [1.54, 1.807) is 0 Å². The van der Waals surface area contributed by atoms with Crippen LogP contribution in [0, 0.1) is 0 Å². The molecule has 1 heteroatoms. The van der Waals surface area contributed by atoms with Gasteiger partial charge >= 0.3 is 45.1 Å². The van der Waals surface area contributed by atoms with Crippen LogP contribution >= 0.6 is 0 Å². The fourth-order valence-electron chi connectivity index (χ4n) is 2.94. The van der Waals surface area contributed by atoms with Crippen molar-refractivity contribution in [2.75, 3.05) is 0 Å². The van der Waals surface area contributed by atoms with E-state index in [1.807, 2.05) is 36.4 Å². The molecular formula is C29H25Fe. The summed E-state index contributed by atoms with van der Waals surface area (Å²) >= 11 is 3.74. The van der Waals surface area contributed by atoms with Crippen molar-refractivity contribution in [3.63, 3.8) is 0 Å². The molecule has 1 aliphatic carbocycles. The van der Waals surface area contributed by atoms with Crippen molar-refractivity contribution in [3.8, 4) is 22.3 Å². The van der Waals surface area contributed by atoms with Gasteiger partial charge in [-0.2, -0.15) is 0 Å². The van der Waals surface area contributed by atoms with Crippen LogP contribution < -0.4 is 0 Å². The van der Waals surface area contributed by atoms with Gasteiger partial charge in [0.1, 0.15) is 0 Å². The molecule has 30 heavy (non-hydrogen) atoms. The minimum absolute atomic E-state index is 1.06. The Labute approximate surface area is 188 Å². The van der Waals surface area contributed by atoms with Crippen LogP contribution in [0.3, 0.4) is 0 Å². The Kier molecular flexibility index (Phi) is 8.95. The SMILES string of the molecule is [Fe][C]1=CC=CC1.c1ccc(-c2ccccc2)cc1.c1ccc(-c2ccccc2)cc1. The molecular weight excluding hydrogens is 404 g/mol. The Morgan fingerprint density at radius 2 is 0.733 bits per heavy atom. The van der Waals surface area contributed by atoms with E-state index in [0.29, 0.717) is 0 Å². The summed E-state index contributed by atoms with van der Waals surface area (Å²) in [6.07, 6.45) is 7.21. The maximum Gasteiger partial charge on any atom is -0.0184 e. The third-order valence-electron chi connectivity index (χ3n) is 4.48. The second-order valence-corrected chi connectivity index (χ2v) is 7.40. The largest absolute Gasteiger partial charge is 0.0622 e. The third kappa shape index (κ3) is 7.37. The van der Waals surface area contributed by atoms with E-state index in [9.17, 15) is 0 Å². The summed E-state index contributed by atoms with van der Waals surface area (Å²) in [7, 11) is 0. The molecule has 0 spiro atoms. The van der Waals surface area contributed by atoms with E-state index in [4.69, 9.17) is 0 Å². The van der Waals surface area contributed by atoms with Gasteiger partial charge in [-0.1, -0.05) is 121 Å². The monoisotopic (exact) mass is 429 g/mol. The normalized spacial score (nSPS) is 11.4. The van der Waals surface area contributed by atoms with Crippen LogP contribution in [0.1, 0.15) is 6.42 Å². The van der Waals surface area contributed by atoms with E-state index >= 15 is 0 Å². The van der Waals surface area contributed by atoms with E-state index in [1.165, 1.54) is 26.7 Å². The average molecular weight is 429 g/mol. The molecule has 149 valence electrons. The van der Waals surface area contributed by atoms with Gasteiger partial charge in [0.05, 0.1) is 0 Å². The zero-order valence-corrected chi connectivity index (χ0v) is 17.9. The van der Waals surface area contributed by atoms with Gasteiger partial charge < -0.3 is 0 Å². The zero-order chi connectivity index (χ0) is 20.9. The van der Waals surface area contributed by atoms with Gasteiger partial charge in [-0.05, 0) is 22.3 Å². The Bertz CT molecular complexity index is 885. The van der Waals surface area contributed by atoms with Gasteiger partial charge in [0.2, 0.25) is 0 Å². The Morgan fingerprint density at radius 3 is 0.900 bits per heavy atom. The zero-order valence-electron chi connectivity index (χ0n) is 16.8. The Hall–Kier alpha value is -3.12. The standard InChI is InChI=1S/2C12H10.C5H5.Fe/c2*1-3-7-11(8-4-1)12-9-5-2-6-10-12;1-2-4-5-3-1;/h2*1-10H;1-3H,4H2;. The van der Waals surface area contributed by atoms with Crippen molar-refractivity contribution in [3.05, 3.63) is 144 Å². The molecule has 0 fully saturated rings. The Balaban J connectivity index is 0.000000136. The Morgan fingerprint density at radius 1 is 0.433 bits per heavy atom. The quantitative estimate of drug-likeness (QED) is 0.283. The molecule has 0 heterocycles. The van der Waals surface area contributed by atoms with E-state index in [-0.39, 0.29) is 0 Å². The minimum Gasteiger partial charge on any atom is -0.0622 e. The molecule has 5 rings (SSSR count). The number of hydrogen-bond acceptors (Lipinski definition) is 0. The van der Waals surface area contributed by atoms with Crippen molar-refractivity contribution in [2.45, 2.75) is 6.42 Å². The number of rotatable bonds is 2. The molecule has 1 aliphatic rings. The van der Waals surface area contributed by atoms with Gasteiger partial charge in [-0.15, -0.1) is 0 Å². The summed E-state index contributed by atoms with van der Waals surface area (Å²) in [6.45, 7) is 0. The van der Waals surface area contributed by atoms with Crippen LogP contribution in [-0.2, 0) is 16.0 Å². The van der Waals surface area contributed by atoms with Crippen LogP contribution in [0.25, 0.3) is 22.3 Å². The molecule has 0 atom stereocenters. The number of hydrogen-bond donors (Lipinski definition) is 0. The van der Waals surface area contributed by atoms with Crippen molar-refractivity contribution < 1.29 is 16.0 Å². The van der Waals surface area contributed by atoms with Crippen molar-refractivity contribution in [1.82, 2.24) is 0 Å². The molecule has 0 aliphatic heterocycles. The summed E-state index contributed by atoms with van der Waals surface area (Å²) in [5.74, 6) is 0. The van der Waals surface area contributed by atoms with E-state index < -0.39 is 0 Å². The van der Waals surface area contributed by atoms with E-state index in [0.717, 1.165) is 6.42 Å². The van der Waals surface area contributed by atoms with Gasteiger partial charge in [-0.25, -0.2) is 0 Å². The molecule has 0 unspecified atom stereocenters. The van der Waals surface area contributed by atoms with Gasteiger partial charge in [-0.3, -0.25) is 0 Å². The first-order valence-electron chi connectivity index (χ1n) is 10.0. The van der Waals surface area contributed by atoms with Crippen molar-refractivity contribution in [2.24, 2.45) is 0 Å². The third-order valence-corrected chi connectivity index (χ3v) is 4.89. The van der Waals surface area contributed by atoms with Crippen molar-refractivity contribution >= 4 is 0 Å². The van der Waals surface area contributed by atoms with Gasteiger partial charge in [0.25, 0.3) is 0 Å². The summed E-state index contributed by atoms with van der Waals surface area (Å²) in [5.41, 5.74) is 5.10. The first-order valence-corrected chi connectivity index (χ1v) is 10.6. The van der Waals surface area contributed by atoms with Crippen LogP contribution in [0.15, 0.2) is 144 Å². The predicted molar refractivity (Wildman–Crippen MR) is 126 cm³/mol. The van der Waals surface area contributed by atoms with Crippen LogP contribution in [0.2, 0.25) is 0 Å². The topological polar surface area (TPSA) is 0 Å². The summed E-state index contributed by atoms with van der Waals surface area (Å²) in [4.78, 5) is 0. The molecule has 4 aromatic rings. The van der Waals surface area contributed by atoms with Crippen molar-refractivity contribution in [1.29, 1.82) is 0 Å². The van der Waals surface area contributed by atoms with E-state index in [2.05, 4.69) is 119 Å².